The molecule has 0 spiro atoms. The predicted molar refractivity (Wildman–Crippen MR) is 81.5 cm³/mol. The summed E-state index contributed by atoms with van der Waals surface area (Å²) in [4.78, 5) is 12.1. The fourth-order valence-corrected chi connectivity index (χ4v) is 3.13. The molecule has 100 valence electrons. The number of hydrogen-bond acceptors (Lipinski definition) is 3. The van der Waals surface area contributed by atoms with Gasteiger partial charge in [-0.3, -0.25) is 4.79 Å². The van der Waals surface area contributed by atoms with Gasteiger partial charge >= 0.3 is 0 Å². The van der Waals surface area contributed by atoms with Gasteiger partial charge in [0, 0.05) is 12.2 Å². The second-order valence-electron chi connectivity index (χ2n) is 3.88. The molecule has 2 aromatic rings. The van der Waals surface area contributed by atoms with Crippen molar-refractivity contribution >= 4 is 46.1 Å². The molecular weight excluding hydrogens is 303 g/mol. The van der Waals surface area contributed by atoms with E-state index in [4.69, 9.17) is 23.2 Å². The maximum atomic E-state index is 12.1. The summed E-state index contributed by atoms with van der Waals surface area (Å²) in [6.07, 6.45) is 0. The van der Waals surface area contributed by atoms with Crippen molar-refractivity contribution < 1.29 is 4.79 Å². The number of carbonyl (C=O) groups is 1. The molecule has 0 atom stereocenters. The molecule has 3 nitrogen and oxygen atoms in total. The molecule has 0 aliphatic rings. The maximum absolute atomic E-state index is 12.1. The van der Waals surface area contributed by atoms with Gasteiger partial charge in [-0.15, -0.1) is 11.3 Å². The molecule has 0 radical (unpaired) electrons. The molecule has 0 bridgehead atoms. The van der Waals surface area contributed by atoms with Crippen molar-refractivity contribution in [2.24, 2.45) is 0 Å². The van der Waals surface area contributed by atoms with Crippen LogP contribution < -0.4 is 10.6 Å². The number of nitrogens with one attached hydrogen (secondary N) is 2. The standard InChI is InChI=1S/C13H12Cl2N2OS/c1-16-7-8-4-2-3-5-10(8)17-13(18)9-6-11(14)19-12(9)15/h2-6,16H,7H2,1H3,(H,17,18). The molecule has 0 aliphatic carbocycles. The van der Waals surface area contributed by atoms with E-state index >= 15 is 0 Å². The number of carbonyl (C=O) groups excluding carboxylic acids is 1. The first kappa shape index (κ1) is 14.3. The fourth-order valence-electron chi connectivity index (χ4n) is 1.67. The first-order valence-electron chi connectivity index (χ1n) is 5.60. The molecule has 1 aromatic carbocycles. The number of benzene rings is 1. The Labute approximate surface area is 125 Å². The van der Waals surface area contributed by atoms with Gasteiger partial charge in [-0.25, -0.2) is 0 Å². The number of rotatable bonds is 4. The highest BCUT2D eigenvalue weighted by Gasteiger charge is 2.15. The zero-order valence-electron chi connectivity index (χ0n) is 10.2. The van der Waals surface area contributed by atoms with Gasteiger partial charge in [0.25, 0.3) is 5.91 Å². The second-order valence-corrected chi connectivity index (χ2v) is 6.17. The predicted octanol–water partition coefficient (Wildman–Crippen LogP) is 4.03. The minimum atomic E-state index is -0.253. The maximum Gasteiger partial charge on any atom is 0.258 e. The van der Waals surface area contributed by atoms with Gasteiger partial charge < -0.3 is 10.6 Å². The summed E-state index contributed by atoms with van der Waals surface area (Å²) in [5.41, 5.74) is 2.17. The third-order valence-electron chi connectivity index (χ3n) is 2.53. The summed E-state index contributed by atoms with van der Waals surface area (Å²) in [5, 5.41) is 5.91. The molecule has 1 heterocycles. The molecule has 0 saturated carbocycles. The van der Waals surface area contributed by atoms with Crippen molar-refractivity contribution in [2.75, 3.05) is 12.4 Å². The Balaban J connectivity index is 2.21. The summed E-state index contributed by atoms with van der Waals surface area (Å²) in [7, 11) is 1.86. The van der Waals surface area contributed by atoms with E-state index < -0.39 is 0 Å². The number of anilines is 1. The van der Waals surface area contributed by atoms with Gasteiger partial charge in [0.1, 0.15) is 4.34 Å². The van der Waals surface area contributed by atoms with Crippen LogP contribution in [-0.4, -0.2) is 13.0 Å². The lowest BCUT2D eigenvalue weighted by atomic mass is 10.1. The Morgan fingerprint density at radius 1 is 1.32 bits per heavy atom. The van der Waals surface area contributed by atoms with E-state index in [1.807, 2.05) is 31.3 Å². The van der Waals surface area contributed by atoms with Crippen molar-refractivity contribution in [2.45, 2.75) is 6.54 Å². The Bertz CT molecular complexity index is 598. The van der Waals surface area contributed by atoms with E-state index in [-0.39, 0.29) is 5.91 Å². The second kappa shape index (κ2) is 6.39. The topological polar surface area (TPSA) is 41.1 Å². The molecule has 6 heteroatoms. The van der Waals surface area contributed by atoms with Crippen molar-refractivity contribution in [1.82, 2.24) is 5.32 Å². The molecule has 2 N–H and O–H groups in total. The van der Waals surface area contributed by atoms with Crippen LogP contribution in [0.5, 0.6) is 0 Å². The zero-order chi connectivity index (χ0) is 13.8. The van der Waals surface area contributed by atoms with Crippen LogP contribution in [0.4, 0.5) is 5.69 Å². The van der Waals surface area contributed by atoms with E-state index in [1.54, 1.807) is 6.07 Å². The third-order valence-corrected chi connectivity index (χ3v) is 4.02. The highest BCUT2D eigenvalue weighted by atomic mass is 35.5. The first-order chi connectivity index (χ1) is 9.11. The van der Waals surface area contributed by atoms with Crippen LogP contribution in [-0.2, 0) is 6.54 Å². The smallest absolute Gasteiger partial charge is 0.258 e. The quantitative estimate of drug-likeness (QED) is 0.894. The van der Waals surface area contributed by atoms with Crippen molar-refractivity contribution in [3.8, 4) is 0 Å². The molecule has 1 aromatic heterocycles. The van der Waals surface area contributed by atoms with E-state index in [0.29, 0.717) is 20.8 Å². The van der Waals surface area contributed by atoms with Gasteiger partial charge in [0.15, 0.2) is 0 Å². The summed E-state index contributed by atoms with van der Waals surface area (Å²) in [6.45, 7) is 0.675. The van der Waals surface area contributed by atoms with E-state index in [0.717, 1.165) is 11.3 Å². The SMILES string of the molecule is CNCc1ccccc1NC(=O)c1cc(Cl)sc1Cl. The van der Waals surface area contributed by atoms with Crippen LogP contribution in [0, 0.1) is 0 Å². The highest BCUT2D eigenvalue weighted by molar-refractivity contribution is 7.20. The monoisotopic (exact) mass is 314 g/mol. The van der Waals surface area contributed by atoms with Gasteiger partial charge in [-0.2, -0.15) is 0 Å². The Hall–Kier alpha value is -1.07. The molecule has 0 aliphatic heterocycles. The number of hydrogen-bond donors (Lipinski definition) is 2. The number of halogens is 2. The van der Waals surface area contributed by atoms with Crippen molar-refractivity contribution in [3.63, 3.8) is 0 Å². The van der Waals surface area contributed by atoms with Crippen LogP contribution in [0.3, 0.4) is 0 Å². The fraction of sp³-hybridized carbons (Fsp3) is 0.154. The number of para-hydroxylation sites is 1. The Morgan fingerprint density at radius 3 is 2.68 bits per heavy atom. The summed E-state index contributed by atoms with van der Waals surface area (Å²) >= 11 is 13.0. The van der Waals surface area contributed by atoms with Crippen molar-refractivity contribution in [3.05, 3.63) is 50.1 Å². The average Bonchev–Trinajstić information content (AvgIpc) is 2.71. The minimum Gasteiger partial charge on any atom is -0.322 e. The highest BCUT2D eigenvalue weighted by Crippen LogP contribution is 2.31. The Morgan fingerprint density at radius 2 is 2.05 bits per heavy atom. The van der Waals surface area contributed by atoms with E-state index in [1.165, 1.54) is 11.3 Å². The average molecular weight is 315 g/mol. The lowest BCUT2D eigenvalue weighted by Crippen LogP contribution is -2.15. The lowest BCUT2D eigenvalue weighted by Gasteiger charge is -2.10. The van der Waals surface area contributed by atoms with Crippen LogP contribution in [0.2, 0.25) is 8.67 Å². The van der Waals surface area contributed by atoms with Crippen LogP contribution >= 0.6 is 34.5 Å². The van der Waals surface area contributed by atoms with Gasteiger partial charge in [-0.05, 0) is 24.7 Å². The van der Waals surface area contributed by atoms with Gasteiger partial charge in [0.05, 0.1) is 9.90 Å². The van der Waals surface area contributed by atoms with Crippen LogP contribution in [0.1, 0.15) is 15.9 Å². The van der Waals surface area contributed by atoms with Gasteiger partial charge in [0.2, 0.25) is 0 Å². The normalized spacial score (nSPS) is 10.5. The zero-order valence-corrected chi connectivity index (χ0v) is 12.5. The molecule has 0 fully saturated rings. The lowest BCUT2D eigenvalue weighted by molar-refractivity contribution is 0.102. The summed E-state index contributed by atoms with van der Waals surface area (Å²) in [5.74, 6) is -0.253. The molecule has 1 amide bonds. The molecule has 0 unspecified atom stereocenters. The van der Waals surface area contributed by atoms with Crippen molar-refractivity contribution in [1.29, 1.82) is 0 Å². The molecule has 19 heavy (non-hydrogen) atoms. The molecule has 2 rings (SSSR count). The first-order valence-corrected chi connectivity index (χ1v) is 7.17. The Kier molecular flexibility index (Phi) is 4.82. The van der Waals surface area contributed by atoms with Gasteiger partial charge in [-0.1, -0.05) is 41.4 Å². The van der Waals surface area contributed by atoms with Crippen LogP contribution in [0.15, 0.2) is 30.3 Å². The van der Waals surface area contributed by atoms with E-state index in [9.17, 15) is 4.79 Å². The minimum absolute atomic E-state index is 0.253. The van der Waals surface area contributed by atoms with Crippen LogP contribution in [0.25, 0.3) is 0 Å². The molecule has 0 saturated heterocycles. The third kappa shape index (κ3) is 3.48. The molecular formula is C13H12Cl2N2OS. The number of amides is 1. The van der Waals surface area contributed by atoms with E-state index in [2.05, 4.69) is 10.6 Å². The summed E-state index contributed by atoms with van der Waals surface area (Å²) < 4.78 is 0.896. The number of thiophene rings is 1. The largest absolute Gasteiger partial charge is 0.322 e. The summed E-state index contributed by atoms with van der Waals surface area (Å²) in [6, 6.07) is 9.18.